The van der Waals surface area contributed by atoms with E-state index in [1.807, 2.05) is 0 Å². The lowest BCUT2D eigenvalue weighted by Gasteiger charge is -2.17. The van der Waals surface area contributed by atoms with E-state index in [0.29, 0.717) is 17.7 Å². The Morgan fingerprint density at radius 2 is 1.87 bits per heavy atom. The van der Waals surface area contributed by atoms with Gasteiger partial charge in [-0.05, 0) is 18.4 Å². The molecule has 0 radical (unpaired) electrons. The third-order valence-corrected chi connectivity index (χ3v) is 5.87. The topological polar surface area (TPSA) is 72.8 Å². The normalized spacial score (nSPS) is 16.1. The van der Waals surface area contributed by atoms with Crippen LogP contribution in [0.4, 0.5) is 0 Å². The van der Waals surface area contributed by atoms with Gasteiger partial charge in [0.05, 0.1) is 12.3 Å². The molecule has 0 saturated heterocycles. The second-order valence-corrected chi connectivity index (χ2v) is 7.48. The highest BCUT2D eigenvalue weighted by atomic mass is 32.2. The van der Waals surface area contributed by atoms with Gasteiger partial charge in [0.2, 0.25) is 5.78 Å². The maximum atomic E-state index is 12.4. The van der Waals surface area contributed by atoms with Gasteiger partial charge in [-0.3, -0.25) is 4.79 Å². The predicted octanol–water partition coefficient (Wildman–Crippen LogP) is 3.04. The number of carbonyl (C=O) groups is 1. The average Bonchev–Trinajstić information content (AvgIpc) is 3.07. The standard InChI is InChI=1S/C16H13NO4S2/c1-2-21-14-10-13(11-6-3-4-7-12(11)16(14)18)17-23(19,20)15-8-5-9-22-15/h3-10H,2H2,1H3/b17-13+. The number of ether oxygens (including phenoxy) is 1. The van der Waals surface area contributed by atoms with Crippen LogP contribution in [0.2, 0.25) is 0 Å². The predicted molar refractivity (Wildman–Crippen MR) is 88.5 cm³/mol. The quantitative estimate of drug-likeness (QED) is 0.852. The molecule has 0 fully saturated rings. The van der Waals surface area contributed by atoms with E-state index in [1.165, 1.54) is 12.1 Å². The van der Waals surface area contributed by atoms with E-state index in [9.17, 15) is 13.2 Å². The molecule has 0 unspecified atom stereocenters. The first-order valence-electron chi connectivity index (χ1n) is 6.90. The molecule has 1 heterocycles. The summed E-state index contributed by atoms with van der Waals surface area (Å²) in [5, 5.41) is 1.67. The Hall–Kier alpha value is -2.25. The molecule has 0 bridgehead atoms. The van der Waals surface area contributed by atoms with Crippen LogP contribution in [0.25, 0.3) is 0 Å². The molecule has 23 heavy (non-hydrogen) atoms. The van der Waals surface area contributed by atoms with Crippen LogP contribution >= 0.6 is 11.3 Å². The third kappa shape index (κ3) is 2.97. The molecule has 0 aliphatic heterocycles. The summed E-state index contributed by atoms with van der Waals surface area (Å²) in [4.78, 5) is 12.4. The van der Waals surface area contributed by atoms with Gasteiger partial charge in [-0.15, -0.1) is 11.3 Å². The van der Waals surface area contributed by atoms with Crippen molar-refractivity contribution in [2.24, 2.45) is 4.40 Å². The van der Waals surface area contributed by atoms with Crippen LogP contribution in [0.5, 0.6) is 0 Å². The summed E-state index contributed by atoms with van der Waals surface area (Å²) in [6, 6.07) is 9.91. The van der Waals surface area contributed by atoms with Crippen LogP contribution in [0.1, 0.15) is 22.8 Å². The molecule has 0 atom stereocenters. The highest BCUT2D eigenvalue weighted by molar-refractivity contribution is 7.92. The molecule has 0 amide bonds. The molecule has 1 aliphatic carbocycles. The average molecular weight is 347 g/mol. The molecule has 1 aromatic carbocycles. The van der Waals surface area contributed by atoms with Gasteiger partial charge < -0.3 is 4.74 Å². The van der Waals surface area contributed by atoms with Crippen LogP contribution in [0.15, 0.2) is 62.2 Å². The number of nitrogens with zero attached hydrogens (tertiary/aromatic N) is 1. The first kappa shape index (κ1) is 15.6. The Bertz CT molecular complexity index is 909. The Morgan fingerprint density at radius 3 is 2.52 bits per heavy atom. The van der Waals surface area contributed by atoms with Gasteiger partial charge in [-0.1, -0.05) is 30.3 Å². The fraction of sp³-hybridized carbons (Fsp3) is 0.125. The number of sulfonamides is 1. The van der Waals surface area contributed by atoms with Crippen molar-refractivity contribution in [2.75, 3.05) is 6.61 Å². The van der Waals surface area contributed by atoms with Crippen molar-refractivity contribution in [3.63, 3.8) is 0 Å². The number of carbonyl (C=O) groups excluding carboxylic acids is 1. The number of hydrogen-bond acceptors (Lipinski definition) is 5. The summed E-state index contributed by atoms with van der Waals surface area (Å²) >= 11 is 1.10. The van der Waals surface area contributed by atoms with Crippen molar-refractivity contribution >= 4 is 32.9 Å². The minimum atomic E-state index is -3.82. The highest BCUT2D eigenvalue weighted by Gasteiger charge is 2.27. The van der Waals surface area contributed by atoms with Crippen LogP contribution in [0.3, 0.4) is 0 Å². The number of ketones is 1. The second-order valence-electron chi connectivity index (χ2n) is 4.70. The summed E-state index contributed by atoms with van der Waals surface area (Å²) in [6.07, 6.45) is 1.39. The number of Topliss-reactive ketones (excluding diaryl/α,β-unsaturated/α-hetero) is 1. The van der Waals surface area contributed by atoms with Gasteiger partial charge in [-0.25, -0.2) is 0 Å². The fourth-order valence-electron chi connectivity index (χ4n) is 2.23. The lowest BCUT2D eigenvalue weighted by Crippen LogP contribution is -2.20. The first-order chi connectivity index (χ1) is 11.0. The van der Waals surface area contributed by atoms with Crippen molar-refractivity contribution in [1.82, 2.24) is 0 Å². The van der Waals surface area contributed by atoms with Gasteiger partial charge in [0.25, 0.3) is 10.0 Å². The van der Waals surface area contributed by atoms with Gasteiger partial charge in [-0.2, -0.15) is 12.8 Å². The van der Waals surface area contributed by atoms with Gasteiger partial charge in [0.1, 0.15) is 4.21 Å². The lowest BCUT2D eigenvalue weighted by molar-refractivity contribution is 0.0925. The Kier molecular flexibility index (Phi) is 4.14. The molecule has 0 N–H and O–H groups in total. The fourth-order valence-corrected chi connectivity index (χ4v) is 4.19. The van der Waals surface area contributed by atoms with E-state index in [4.69, 9.17) is 4.74 Å². The minimum Gasteiger partial charge on any atom is -0.490 e. The molecule has 2 aromatic rings. The summed E-state index contributed by atoms with van der Waals surface area (Å²) < 4.78 is 34.2. The maximum absolute atomic E-state index is 12.4. The Labute approximate surface area is 138 Å². The Morgan fingerprint density at radius 1 is 1.13 bits per heavy atom. The summed E-state index contributed by atoms with van der Waals surface area (Å²) in [7, 11) is -3.82. The van der Waals surface area contributed by atoms with Gasteiger partial charge in [0.15, 0.2) is 5.76 Å². The van der Waals surface area contributed by atoms with Crippen molar-refractivity contribution in [3.05, 3.63) is 64.7 Å². The molecule has 118 valence electrons. The second kappa shape index (κ2) is 6.10. The van der Waals surface area contributed by atoms with Crippen molar-refractivity contribution < 1.29 is 17.9 Å². The monoisotopic (exact) mass is 347 g/mol. The number of benzene rings is 1. The largest absolute Gasteiger partial charge is 0.490 e. The number of thiophene rings is 1. The molecule has 5 nitrogen and oxygen atoms in total. The minimum absolute atomic E-state index is 0.103. The van der Waals surface area contributed by atoms with Crippen LogP contribution in [0, 0.1) is 0 Å². The van der Waals surface area contributed by atoms with E-state index in [2.05, 4.69) is 4.40 Å². The molecular weight excluding hydrogens is 334 g/mol. The molecule has 7 heteroatoms. The number of hydrogen-bond donors (Lipinski definition) is 0. The summed E-state index contributed by atoms with van der Waals surface area (Å²) in [5.74, 6) is -0.166. The van der Waals surface area contributed by atoms with Crippen molar-refractivity contribution in [3.8, 4) is 0 Å². The molecule has 1 aliphatic rings. The van der Waals surface area contributed by atoms with Gasteiger partial charge >= 0.3 is 0 Å². The van der Waals surface area contributed by atoms with E-state index >= 15 is 0 Å². The van der Waals surface area contributed by atoms with E-state index in [-0.39, 0.29) is 21.5 Å². The first-order valence-corrected chi connectivity index (χ1v) is 9.22. The van der Waals surface area contributed by atoms with E-state index in [1.54, 1.807) is 42.6 Å². The zero-order chi connectivity index (χ0) is 16.4. The molecule has 0 saturated carbocycles. The summed E-state index contributed by atoms with van der Waals surface area (Å²) in [6.45, 7) is 2.07. The molecular formula is C16H13NO4S2. The highest BCUT2D eigenvalue weighted by Crippen LogP contribution is 2.25. The number of rotatable bonds is 4. The lowest BCUT2D eigenvalue weighted by atomic mass is 9.93. The van der Waals surface area contributed by atoms with Crippen LogP contribution in [-0.2, 0) is 14.8 Å². The molecule has 0 spiro atoms. The zero-order valence-electron chi connectivity index (χ0n) is 12.2. The Balaban J connectivity index is 2.16. The smallest absolute Gasteiger partial charge is 0.292 e. The number of allylic oxidation sites excluding steroid dienone is 2. The molecule has 3 rings (SSSR count). The van der Waals surface area contributed by atoms with E-state index < -0.39 is 10.0 Å². The van der Waals surface area contributed by atoms with Gasteiger partial charge in [0, 0.05) is 17.2 Å². The van der Waals surface area contributed by atoms with E-state index in [0.717, 1.165) is 11.3 Å². The third-order valence-electron chi connectivity index (χ3n) is 3.21. The summed E-state index contributed by atoms with van der Waals surface area (Å²) in [5.41, 5.74) is 1.08. The van der Waals surface area contributed by atoms with Crippen LogP contribution < -0.4 is 0 Å². The zero-order valence-corrected chi connectivity index (χ0v) is 13.9. The van der Waals surface area contributed by atoms with Crippen molar-refractivity contribution in [1.29, 1.82) is 0 Å². The number of fused-ring (bicyclic) bond motifs is 1. The maximum Gasteiger partial charge on any atom is 0.292 e. The van der Waals surface area contributed by atoms with Crippen LogP contribution in [-0.4, -0.2) is 26.5 Å². The SMILES string of the molecule is CCOC1=C/C(=N\S(=O)(=O)c2cccs2)c2ccccc2C1=O. The van der Waals surface area contributed by atoms with Crippen molar-refractivity contribution in [2.45, 2.75) is 11.1 Å². The molecule has 1 aromatic heterocycles.